The maximum absolute atomic E-state index is 13.5. The molecule has 196 valence electrons. The number of aromatic nitrogens is 2. The fourth-order valence-corrected chi connectivity index (χ4v) is 3.80. The van der Waals surface area contributed by atoms with Crippen LogP contribution in [-0.2, 0) is 19.1 Å². The van der Waals surface area contributed by atoms with E-state index in [9.17, 15) is 18.8 Å². The molecule has 0 unspecified atom stereocenters. The zero-order chi connectivity index (χ0) is 26.6. The van der Waals surface area contributed by atoms with Gasteiger partial charge in [0.2, 0.25) is 11.8 Å². The van der Waals surface area contributed by atoms with Crippen molar-refractivity contribution in [3.63, 3.8) is 0 Å². The first-order valence-electron chi connectivity index (χ1n) is 12.6. The number of nitrogens with one attached hydrogen (secondary N) is 1. The highest BCUT2D eigenvalue weighted by atomic mass is 19.1. The van der Waals surface area contributed by atoms with Gasteiger partial charge in [0, 0.05) is 24.6 Å². The summed E-state index contributed by atoms with van der Waals surface area (Å²) in [6, 6.07) is 17.0. The predicted molar refractivity (Wildman–Crippen MR) is 140 cm³/mol. The van der Waals surface area contributed by atoms with Gasteiger partial charge < -0.3 is 15.0 Å². The molecule has 0 aliphatic carbocycles. The first-order chi connectivity index (χ1) is 17.9. The number of anilines is 1. The number of rotatable bonds is 13. The Morgan fingerprint density at radius 1 is 1.00 bits per heavy atom. The lowest BCUT2D eigenvalue weighted by Crippen LogP contribution is -2.39. The second-order valence-electron chi connectivity index (χ2n) is 8.54. The van der Waals surface area contributed by atoms with Crippen LogP contribution in [0.25, 0.3) is 16.9 Å². The summed E-state index contributed by atoms with van der Waals surface area (Å²) in [5.74, 6) is -1.11. The van der Waals surface area contributed by atoms with E-state index in [1.54, 1.807) is 25.1 Å². The first-order valence-corrected chi connectivity index (χ1v) is 12.6. The molecule has 0 bridgehead atoms. The van der Waals surface area contributed by atoms with Gasteiger partial charge in [0.15, 0.2) is 0 Å². The average molecular weight is 509 g/mol. The normalized spacial score (nSPS) is 10.7. The molecule has 0 saturated carbocycles. The molecule has 0 aliphatic heterocycles. The summed E-state index contributed by atoms with van der Waals surface area (Å²) in [6.45, 7) is 4.26. The fourth-order valence-electron chi connectivity index (χ4n) is 3.80. The van der Waals surface area contributed by atoms with E-state index < -0.39 is 11.9 Å². The van der Waals surface area contributed by atoms with Crippen LogP contribution in [0.2, 0.25) is 0 Å². The molecular weight excluding hydrogens is 475 g/mol. The van der Waals surface area contributed by atoms with Crippen molar-refractivity contribution in [1.82, 2.24) is 14.7 Å². The van der Waals surface area contributed by atoms with Crippen LogP contribution in [0, 0.1) is 5.82 Å². The lowest BCUT2D eigenvalue weighted by Gasteiger charge is -2.22. The molecule has 3 aromatic rings. The van der Waals surface area contributed by atoms with Gasteiger partial charge in [-0.05, 0) is 37.6 Å². The fraction of sp³-hybridized carbons (Fsp3) is 0.357. The van der Waals surface area contributed by atoms with Crippen LogP contribution < -0.4 is 5.32 Å². The average Bonchev–Trinajstić information content (AvgIpc) is 3.31. The zero-order valence-corrected chi connectivity index (χ0v) is 21.3. The van der Waals surface area contributed by atoms with Crippen LogP contribution in [0.5, 0.6) is 0 Å². The molecule has 0 aliphatic rings. The number of hydrogen-bond donors (Lipinski definition) is 1. The Hall–Kier alpha value is -4.01. The topological polar surface area (TPSA) is 93.5 Å². The monoisotopic (exact) mass is 508 g/mol. The molecule has 1 aromatic heterocycles. The number of carbonyl (C=O) groups is 3. The predicted octanol–water partition coefficient (Wildman–Crippen LogP) is 4.98. The molecule has 8 nitrogen and oxygen atoms in total. The minimum atomic E-state index is -0.439. The number of hydrogen-bond acceptors (Lipinski definition) is 5. The number of halogens is 1. The molecule has 0 saturated heterocycles. The van der Waals surface area contributed by atoms with Gasteiger partial charge >= 0.3 is 5.97 Å². The van der Waals surface area contributed by atoms with E-state index in [-0.39, 0.29) is 37.7 Å². The van der Waals surface area contributed by atoms with Gasteiger partial charge in [-0.1, -0.05) is 50.1 Å². The number of ether oxygens (including phenoxy) is 1. The van der Waals surface area contributed by atoms with Gasteiger partial charge in [0.25, 0.3) is 0 Å². The standard InChI is InChI=1S/C28H33FN4O4/c1-3-5-9-18-32(27(35)16-17-28(36)37-4-2)20-26(34)30-25-19-24(21-10-7-6-8-11-21)31-33(25)23-14-12-22(29)13-15-23/h6-8,10-15,19H,3-5,9,16-18,20H2,1-2H3,(H,30,34). The largest absolute Gasteiger partial charge is 0.466 e. The second kappa shape index (κ2) is 13.9. The van der Waals surface area contributed by atoms with Crippen LogP contribution in [0.4, 0.5) is 10.2 Å². The number of unbranched alkanes of at least 4 members (excludes halogenated alkanes) is 2. The number of carbonyl (C=O) groups excluding carboxylic acids is 3. The maximum atomic E-state index is 13.5. The van der Waals surface area contributed by atoms with Crippen molar-refractivity contribution >= 4 is 23.6 Å². The van der Waals surface area contributed by atoms with E-state index in [2.05, 4.69) is 17.3 Å². The van der Waals surface area contributed by atoms with E-state index >= 15 is 0 Å². The molecule has 3 rings (SSSR count). The zero-order valence-electron chi connectivity index (χ0n) is 21.3. The minimum absolute atomic E-state index is 0.0239. The molecule has 0 spiro atoms. The Labute approximate surface area is 216 Å². The van der Waals surface area contributed by atoms with Crippen molar-refractivity contribution in [2.75, 3.05) is 25.0 Å². The molecular formula is C28H33FN4O4. The Morgan fingerprint density at radius 2 is 1.73 bits per heavy atom. The van der Waals surface area contributed by atoms with Crippen LogP contribution in [-0.4, -0.2) is 52.2 Å². The Morgan fingerprint density at radius 3 is 2.41 bits per heavy atom. The van der Waals surface area contributed by atoms with E-state index in [1.165, 1.54) is 21.7 Å². The van der Waals surface area contributed by atoms with Crippen molar-refractivity contribution in [2.24, 2.45) is 0 Å². The SMILES string of the molecule is CCCCCN(CC(=O)Nc1cc(-c2ccccc2)nn1-c1ccc(F)cc1)C(=O)CCC(=O)OCC. The molecule has 0 radical (unpaired) electrons. The van der Waals surface area contributed by atoms with Crippen molar-refractivity contribution in [3.05, 3.63) is 66.5 Å². The number of amides is 2. The van der Waals surface area contributed by atoms with Crippen molar-refractivity contribution in [1.29, 1.82) is 0 Å². The van der Waals surface area contributed by atoms with Crippen molar-refractivity contribution < 1.29 is 23.5 Å². The molecule has 1 heterocycles. The van der Waals surface area contributed by atoms with Crippen molar-refractivity contribution in [2.45, 2.75) is 46.0 Å². The van der Waals surface area contributed by atoms with Gasteiger partial charge in [-0.15, -0.1) is 0 Å². The lowest BCUT2D eigenvalue weighted by atomic mass is 10.1. The number of esters is 1. The van der Waals surface area contributed by atoms with Crippen LogP contribution >= 0.6 is 0 Å². The first kappa shape index (κ1) is 27.6. The summed E-state index contributed by atoms with van der Waals surface area (Å²) >= 11 is 0. The highest BCUT2D eigenvalue weighted by molar-refractivity contribution is 5.95. The Kier molecular flexibility index (Phi) is 10.4. The highest BCUT2D eigenvalue weighted by Gasteiger charge is 2.20. The Bertz CT molecular complexity index is 1180. The quantitative estimate of drug-likeness (QED) is 0.260. The summed E-state index contributed by atoms with van der Waals surface area (Å²) in [5, 5.41) is 7.48. The third-order valence-corrected chi connectivity index (χ3v) is 5.68. The van der Waals surface area contributed by atoms with Crippen LogP contribution in [0.15, 0.2) is 60.7 Å². The van der Waals surface area contributed by atoms with E-state index in [0.29, 0.717) is 23.7 Å². The van der Waals surface area contributed by atoms with Gasteiger partial charge in [0.05, 0.1) is 31.0 Å². The van der Waals surface area contributed by atoms with Crippen LogP contribution in [0.3, 0.4) is 0 Å². The maximum Gasteiger partial charge on any atom is 0.306 e. The number of nitrogens with zero attached hydrogens (tertiary/aromatic N) is 3. The van der Waals surface area contributed by atoms with E-state index in [1.807, 2.05) is 30.3 Å². The summed E-state index contributed by atoms with van der Waals surface area (Å²) < 4.78 is 20.0. The van der Waals surface area contributed by atoms with Gasteiger partial charge in [-0.25, -0.2) is 9.07 Å². The van der Waals surface area contributed by atoms with Crippen LogP contribution in [0.1, 0.15) is 46.0 Å². The molecule has 37 heavy (non-hydrogen) atoms. The molecule has 9 heteroatoms. The van der Waals surface area contributed by atoms with E-state index in [0.717, 1.165) is 24.8 Å². The molecule has 2 aromatic carbocycles. The van der Waals surface area contributed by atoms with E-state index in [4.69, 9.17) is 4.74 Å². The Balaban J connectivity index is 1.79. The second-order valence-corrected chi connectivity index (χ2v) is 8.54. The summed E-state index contributed by atoms with van der Waals surface area (Å²) in [6.07, 6.45) is 2.58. The van der Waals surface area contributed by atoms with Gasteiger partial charge in [-0.3, -0.25) is 14.4 Å². The molecule has 0 fully saturated rings. The van der Waals surface area contributed by atoms with Crippen molar-refractivity contribution in [3.8, 4) is 16.9 Å². The third kappa shape index (κ3) is 8.27. The molecule has 1 N–H and O–H groups in total. The summed E-state index contributed by atoms with van der Waals surface area (Å²) in [7, 11) is 0. The third-order valence-electron chi connectivity index (χ3n) is 5.68. The molecule has 0 atom stereocenters. The minimum Gasteiger partial charge on any atom is -0.466 e. The number of benzene rings is 2. The summed E-state index contributed by atoms with van der Waals surface area (Å²) in [4.78, 5) is 39.1. The van der Waals surface area contributed by atoms with Gasteiger partial charge in [-0.2, -0.15) is 5.10 Å². The highest BCUT2D eigenvalue weighted by Crippen LogP contribution is 2.25. The van der Waals surface area contributed by atoms with Gasteiger partial charge in [0.1, 0.15) is 11.6 Å². The summed E-state index contributed by atoms with van der Waals surface area (Å²) in [5.41, 5.74) is 2.06. The molecule has 2 amide bonds. The smallest absolute Gasteiger partial charge is 0.306 e. The lowest BCUT2D eigenvalue weighted by molar-refractivity contribution is -0.145.